The van der Waals surface area contributed by atoms with Crippen LogP contribution in [0, 0.1) is 11.3 Å². The topological polar surface area (TPSA) is 79.3 Å². The standard InChI is InChI=1S/C12H16N2O2/c13-12(14)9-3-5-10(6-4-9)16-11(15)7-8-1-2-8/h3-6,8,11,15H,1-2,7H2,(H3,13,14). The lowest BCUT2D eigenvalue weighted by atomic mass is 10.2. The molecule has 1 saturated carbocycles. The van der Waals surface area contributed by atoms with Crippen LogP contribution in [0.2, 0.25) is 0 Å². The predicted molar refractivity (Wildman–Crippen MR) is 61.4 cm³/mol. The second-order valence-corrected chi connectivity index (χ2v) is 4.19. The number of amidine groups is 1. The molecule has 0 amide bonds. The molecule has 0 spiro atoms. The molecule has 1 atom stereocenters. The highest BCUT2D eigenvalue weighted by Gasteiger charge is 2.25. The third kappa shape index (κ3) is 2.97. The van der Waals surface area contributed by atoms with Crippen LogP contribution in [0.3, 0.4) is 0 Å². The van der Waals surface area contributed by atoms with Crippen molar-refractivity contribution in [3.8, 4) is 5.75 Å². The maximum atomic E-state index is 9.60. The molecule has 1 aliphatic carbocycles. The molecule has 0 saturated heterocycles. The summed E-state index contributed by atoms with van der Waals surface area (Å²) in [7, 11) is 0. The summed E-state index contributed by atoms with van der Waals surface area (Å²) >= 11 is 0. The van der Waals surface area contributed by atoms with E-state index in [1.807, 2.05) is 0 Å². The predicted octanol–water partition coefficient (Wildman–Crippen LogP) is 1.47. The number of nitrogen functional groups attached to an aromatic ring is 1. The Morgan fingerprint density at radius 1 is 1.44 bits per heavy atom. The van der Waals surface area contributed by atoms with Gasteiger partial charge in [-0.3, -0.25) is 5.41 Å². The number of aliphatic hydroxyl groups is 1. The van der Waals surface area contributed by atoms with Crippen molar-refractivity contribution in [2.24, 2.45) is 11.7 Å². The van der Waals surface area contributed by atoms with Gasteiger partial charge in [-0.2, -0.15) is 0 Å². The zero-order chi connectivity index (χ0) is 11.5. The van der Waals surface area contributed by atoms with Crippen LogP contribution in [0.25, 0.3) is 0 Å². The van der Waals surface area contributed by atoms with E-state index in [4.69, 9.17) is 15.9 Å². The number of hydrogen-bond acceptors (Lipinski definition) is 3. The summed E-state index contributed by atoms with van der Waals surface area (Å²) in [6.07, 6.45) is 2.37. The molecule has 4 nitrogen and oxygen atoms in total. The van der Waals surface area contributed by atoms with Crippen LogP contribution < -0.4 is 10.5 Å². The number of benzene rings is 1. The minimum atomic E-state index is -0.726. The summed E-state index contributed by atoms with van der Waals surface area (Å²) < 4.78 is 5.34. The van der Waals surface area contributed by atoms with E-state index in [-0.39, 0.29) is 5.84 Å². The maximum absolute atomic E-state index is 9.60. The van der Waals surface area contributed by atoms with Crippen LogP contribution in [0.1, 0.15) is 24.8 Å². The van der Waals surface area contributed by atoms with Gasteiger partial charge in [-0.05, 0) is 43.0 Å². The normalized spacial score (nSPS) is 16.8. The SMILES string of the molecule is N=C(N)c1ccc(OC(O)CC2CC2)cc1. The molecule has 1 aromatic carbocycles. The van der Waals surface area contributed by atoms with E-state index in [0.717, 1.165) is 0 Å². The summed E-state index contributed by atoms with van der Waals surface area (Å²) in [5, 5.41) is 16.8. The fraction of sp³-hybridized carbons (Fsp3) is 0.417. The number of aliphatic hydroxyl groups excluding tert-OH is 1. The summed E-state index contributed by atoms with van der Waals surface area (Å²) in [5.74, 6) is 1.27. The first-order valence-electron chi connectivity index (χ1n) is 5.44. The summed E-state index contributed by atoms with van der Waals surface area (Å²) in [6, 6.07) is 6.85. The van der Waals surface area contributed by atoms with Crippen LogP contribution in [-0.4, -0.2) is 17.2 Å². The van der Waals surface area contributed by atoms with E-state index in [2.05, 4.69) is 0 Å². The lowest BCUT2D eigenvalue weighted by molar-refractivity contribution is -0.0268. The van der Waals surface area contributed by atoms with Gasteiger partial charge in [0.25, 0.3) is 0 Å². The first-order valence-corrected chi connectivity index (χ1v) is 5.44. The molecule has 1 unspecified atom stereocenters. The molecule has 0 bridgehead atoms. The van der Waals surface area contributed by atoms with E-state index < -0.39 is 6.29 Å². The molecular formula is C12H16N2O2. The summed E-state index contributed by atoms with van der Waals surface area (Å²) in [4.78, 5) is 0. The van der Waals surface area contributed by atoms with E-state index in [0.29, 0.717) is 23.7 Å². The van der Waals surface area contributed by atoms with Crippen molar-refractivity contribution in [2.45, 2.75) is 25.6 Å². The van der Waals surface area contributed by atoms with Crippen LogP contribution in [-0.2, 0) is 0 Å². The molecule has 0 heterocycles. The van der Waals surface area contributed by atoms with Crippen molar-refractivity contribution in [2.75, 3.05) is 0 Å². The van der Waals surface area contributed by atoms with Gasteiger partial charge < -0.3 is 15.6 Å². The summed E-state index contributed by atoms with van der Waals surface area (Å²) in [5.41, 5.74) is 5.99. The first-order chi connectivity index (χ1) is 7.65. The van der Waals surface area contributed by atoms with Gasteiger partial charge in [-0.25, -0.2) is 0 Å². The molecule has 16 heavy (non-hydrogen) atoms. The molecule has 4 heteroatoms. The minimum Gasteiger partial charge on any atom is -0.465 e. The van der Waals surface area contributed by atoms with Crippen LogP contribution in [0.4, 0.5) is 0 Å². The molecule has 1 fully saturated rings. The number of nitrogens with one attached hydrogen (secondary N) is 1. The number of hydrogen-bond donors (Lipinski definition) is 3. The fourth-order valence-electron chi connectivity index (χ4n) is 1.56. The largest absolute Gasteiger partial charge is 0.465 e. The van der Waals surface area contributed by atoms with Crippen LogP contribution >= 0.6 is 0 Å². The Bertz CT molecular complexity index is 371. The summed E-state index contributed by atoms with van der Waals surface area (Å²) in [6.45, 7) is 0. The van der Waals surface area contributed by atoms with Gasteiger partial charge in [0.05, 0.1) is 0 Å². The first kappa shape index (κ1) is 11.0. The minimum absolute atomic E-state index is 0.0325. The molecular weight excluding hydrogens is 204 g/mol. The van der Waals surface area contributed by atoms with E-state index in [1.54, 1.807) is 24.3 Å². The lowest BCUT2D eigenvalue weighted by Crippen LogP contribution is -2.16. The van der Waals surface area contributed by atoms with Gasteiger partial charge in [-0.1, -0.05) is 0 Å². The molecule has 86 valence electrons. The second kappa shape index (κ2) is 4.53. The third-order valence-electron chi connectivity index (χ3n) is 2.67. The molecule has 0 aliphatic heterocycles. The highest BCUT2D eigenvalue weighted by molar-refractivity contribution is 5.94. The molecule has 1 aromatic rings. The highest BCUT2D eigenvalue weighted by atomic mass is 16.6. The Morgan fingerprint density at radius 3 is 2.56 bits per heavy atom. The molecule has 0 radical (unpaired) electrons. The average molecular weight is 220 g/mol. The average Bonchev–Trinajstić information content (AvgIpc) is 3.02. The van der Waals surface area contributed by atoms with Crippen molar-refractivity contribution < 1.29 is 9.84 Å². The Labute approximate surface area is 94.5 Å². The molecule has 4 N–H and O–H groups in total. The number of nitrogens with two attached hydrogens (primary N) is 1. The van der Waals surface area contributed by atoms with Crippen LogP contribution in [0.5, 0.6) is 5.75 Å². The Balaban J connectivity index is 1.90. The Hall–Kier alpha value is -1.55. The van der Waals surface area contributed by atoms with Crippen LogP contribution in [0.15, 0.2) is 24.3 Å². The highest BCUT2D eigenvalue weighted by Crippen LogP contribution is 2.33. The third-order valence-corrected chi connectivity index (χ3v) is 2.67. The fourth-order valence-corrected chi connectivity index (χ4v) is 1.56. The van der Waals surface area contributed by atoms with Gasteiger partial charge in [0.2, 0.25) is 0 Å². The zero-order valence-corrected chi connectivity index (χ0v) is 9.02. The lowest BCUT2D eigenvalue weighted by Gasteiger charge is -2.13. The van der Waals surface area contributed by atoms with Crippen molar-refractivity contribution in [3.05, 3.63) is 29.8 Å². The van der Waals surface area contributed by atoms with Crippen molar-refractivity contribution >= 4 is 5.84 Å². The van der Waals surface area contributed by atoms with Gasteiger partial charge in [0, 0.05) is 12.0 Å². The monoisotopic (exact) mass is 220 g/mol. The molecule has 2 rings (SSSR count). The van der Waals surface area contributed by atoms with E-state index in [9.17, 15) is 5.11 Å². The molecule has 1 aliphatic rings. The number of rotatable bonds is 5. The Morgan fingerprint density at radius 2 is 2.06 bits per heavy atom. The quantitative estimate of drug-likeness (QED) is 0.399. The van der Waals surface area contributed by atoms with Gasteiger partial charge in [0.15, 0.2) is 6.29 Å². The maximum Gasteiger partial charge on any atom is 0.197 e. The van der Waals surface area contributed by atoms with Gasteiger partial charge in [-0.15, -0.1) is 0 Å². The van der Waals surface area contributed by atoms with Crippen molar-refractivity contribution in [1.82, 2.24) is 0 Å². The molecule has 0 aromatic heterocycles. The van der Waals surface area contributed by atoms with E-state index >= 15 is 0 Å². The zero-order valence-electron chi connectivity index (χ0n) is 9.02. The van der Waals surface area contributed by atoms with Crippen molar-refractivity contribution in [1.29, 1.82) is 5.41 Å². The van der Waals surface area contributed by atoms with Crippen molar-refractivity contribution in [3.63, 3.8) is 0 Å². The number of ether oxygens (including phenoxy) is 1. The van der Waals surface area contributed by atoms with E-state index in [1.165, 1.54) is 12.8 Å². The smallest absolute Gasteiger partial charge is 0.197 e. The Kier molecular flexibility index (Phi) is 3.10. The van der Waals surface area contributed by atoms with Gasteiger partial charge >= 0.3 is 0 Å². The second-order valence-electron chi connectivity index (χ2n) is 4.19. The van der Waals surface area contributed by atoms with Gasteiger partial charge in [0.1, 0.15) is 11.6 Å².